The molecule has 6 heteroatoms. The van der Waals surface area contributed by atoms with Gasteiger partial charge in [0.1, 0.15) is 4.90 Å². The Balaban J connectivity index is 2.30. The first kappa shape index (κ1) is 12.4. The van der Waals surface area contributed by atoms with Crippen LogP contribution in [0.3, 0.4) is 0 Å². The normalized spacial score (nSPS) is 11.2. The molecule has 0 amide bonds. The second kappa shape index (κ2) is 4.67. The predicted molar refractivity (Wildman–Crippen MR) is 72.0 cm³/mol. The number of para-hydroxylation sites is 1. The van der Waals surface area contributed by atoms with Crippen molar-refractivity contribution in [1.29, 1.82) is 0 Å². The summed E-state index contributed by atoms with van der Waals surface area (Å²) in [5.74, 6) is 0. The molecule has 0 aromatic heterocycles. The Labute approximate surface area is 105 Å². The molecular formula is C12H13N3O2S. The Morgan fingerprint density at radius 1 is 0.944 bits per heavy atom. The van der Waals surface area contributed by atoms with E-state index in [1.807, 2.05) is 30.3 Å². The number of nitrogens with one attached hydrogen (secondary N) is 1. The van der Waals surface area contributed by atoms with E-state index in [4.69, 9.17) is 10.9 Å². The van der Waals surface area contributed by atoms with Gasteiger partial charge in [-0.3, -0.25) is 0 Å². The van der Waals surface area contributed by atoms with Crippen LogP contribution in [0.2, 0.25) is 0 Å². The summed E-state index contributed by atoms with van der Waals surface area (Å²) in [5, 5.41) is 8.14. The van der Waals surface area contributed by atoms with Crippen molar-refractivity contribution < 1.29 is 8.42 Å². The summed E-state index contributed by atoms with van der Waals surface area (Å²) in [6.45, 7) is 0. The highest BCUT2D eigenvalue weighted by Crippen LogP contribution is 2.23. The minimum atomic E-state index is -3.78. The zero-order valence-corrected chi connectivity index (χ0v) is 10.3. The molecule has 0 fully saturated rings. The average molecular weight is 263 g/mol. The Hall–Kier alpha value is -2.05. The number of anilines is 3. The molecule has 2 aromatic rings. The Morgan fingerprint density at radius 3 is 2.17 bits per heavy atom. The van der Waals surface area contributed by atoms with Gasteiger partial charge in [0.05, 0.1) is 5.69 Å². The standard InChI is InChI=1S/C12H13N3O2S/c13-11-8-10(6-7-12(11)18(14,16)17)15-9-4-2-1-3-5-9/h1-8,15H,13H2,(H2,14,16,17). The van der Waals surface area contributed by atoms with Gasteiger partial charge in [-0.25, -0.2) is 13.6 Å². The summed E-state index contributed by atoms with van der Waals surface area (Å²) in [6, 6.07) is 14.0. The van der Waals surface area contributed by atoms with Gasteiger partial charge < -0.3 is 11.1 Å². The number of nitrogen functional groups attached to an aromatic ring is 1. The smallest absolute Gasteiger partial charge is 0.240 e. The van der Waals surface area contributed by atoms with Crippen LogP contribution in [0, 0.1) is 0 Å². The SMILES string of the molecule is Nc1cc(Nc2ccccc2)ccc1S(N)(=O)=O. The molecule has 94 valence electrons. The lowest BCUT2D eigenvalue weighted by Crippen LogP contribution is -2.14. The van der Waals surface area contributed by atoms with Gasteiger partial charge in [-0.2, -0.15) is 0 Å². The van der Waals surface area contributed by atoms with Crippen LogP contribution in [0.1, 0.15) is 0 Å². The first-order valence-electron chi connectivity index (χ1n) is 5.21. The molecule has 0 unspecified atom stereocenters. The zero-order chi connectivity index (χ0) is 13.2. The number of sulfonamides is 1. The molecule has 0 radical (unpaired) electrons. The average Bonchev–Trinajstić information content (AvgIpc) is 2.28. The van der Waals surface area contributed by atoms with Crippen molar-refractivity contribution in [2.75, 3.05) is 11.1 Å². The van der Waals surface area contributed by atoms with Crippen molar-refractivity contribution in [3.63, 3.8) is 0 Å². The third kappa shape index (κ3) is 2.79. The summed E-state index contributed by atoms with van der Waals surface area (Å²) in [7, 11) is -3.78. The highest BCUT2D eigenvalue weighted by Gasteiger charge is 2.12. The summed E-state index contributed by atoms with van der Waals surface area (Å²) in [6.07, 6.45) is 0. The Morgan fingerprint density at radius 2 is 1.61 bits per heavy atom. The molecule has 18 heavy (non-hydrogen) atoms. The van der Waals surface area contributed by atoms with E-state index in [1.165, 1.54) is 12.1 Å². The third-order valence-electron chi connectivity index (χ3n) is 2.38. The van der Waals surface area contributed by atoms with E-state index in [9.17, 15) is 8.42 Å². The highest BCUT2D eigenvalue weighted by atomic mass is 32.2. The fraction of sp³-hybridized carbons (Fsp3) is 0. The van der Waals surface area contributed by atoms with Crippen LogP contribution in [-0.2, 0) is 10.0 Å². The maximum atomic E-state index is 11.2. The van der Waals surface area contributed by atoms with E-state index in [2.05, 4.69) is 5.32 Å². The first-order chi connectivity index (χ1) is 8.47. The molecule has 0 saturated carbocycles. The summed E-state index contributed by atoms with van der Waals surface area (Å²) < 4.78 is 22.4. The van der Waals surface area contributed by atoms with Crippen molar-refractivity contribution in [1.82, 2.24) is 0 Å². The zero-order valence-electron chi connectivity index (χ0n) is 9.50. The van der Waals surface area contributed by atoms with Crippen molar-refractivity contribution >= 4 is 27.1 Å². The van der Waals surface area contributed by atoms with Gasteiger partial charge in [-0.05, 0) is 30.3 Å². The van der Waals surface area contributed by atoms with Crippen molar-refractivity contribution in [2.45, 2.75) is 4.90 Å². The second-order valence-corrected chi connectivity index (χ2v) is 5.32. The summed E-state index contributed by atoms with van der Waals surface area (Å²) >= 11 is 0. The third-order valence-corrected chi connectivity index (χ3v) is 3.36. The molecule has 0 atom stereocenters. The van der Waals surface area contributed by atoms with Gasteiger partial charge >= 0.3 is 0 Å². The van der Waals surface area contributed by atoms with Gasteiger partial charge in [0, 0.05) is 11.4 Å². The largest absolute Gasteiger partial charge is 0.398 e. The quantitative estimate of drug-likeness (QED) is 0.733. The van der Waals surface area contributed by atoms with Gasteiger partial charge in [0.15, 0.2) is 0 Å². The van der Waals surface area contributed by atoms with Gasteiger partial charge in [-0.1, -0.05) is 18.2 Å². The first-order valence-corrected chi connectivity index (χ1v) is 6.76. The molecule has 0 aliphatic carbocycles. The fourth-order valence-corrected chi connectivity index (χ4v) is 2.22. The van der Waals surface area contributed by atoms with Crippen molar-refractivity contribution in [3.8, 4) is 0 Å². The number of hydrogen-bond acceptors (Lipinski definition) is 4. The van der Waals surface area contributed by atoms with E-state index in [0.29, 0.717) is 5.69 Å². The molecule has 0 saturated heterocycles. The van der Waals surface area contributed by atoms with E-state index in [-0.39, 0.29) is 10.6 Å². The molecule has 0 aliphatic heterocycles. The van der Waals surface area contributed by atoms with E-state index in [1.54, 1.807) is 6.07 Å². The molecule has 0 spiro atoms. The fourth-order valence-electron chi connectivity index (χ4n) is 1.57. The van der Waals surface area contributed by atoms with E-state index < -0.39 is 10.0 Å². The van der Waals surface area contributed by atoms with Crippen molar-refractivity contribution in [3.05, 3.63) is 48.5 Å². The van der Waals surface area contributed by atoms with Gasteiger partial charge in [0.2, 0.25) is 10.0 Å². The second-order valence-electron chi connectivity index (χ2n) is 3.79. The van der Waals surface area contributed by atoms with Crippen LogP contribution < -0.4 is 16.2 Å². The molecule has 5 nitrogen and oxygen atoms in total. The minimum absolute atomic E-state index is 0.0684. The molecule has 2 aromatic carbocycles. The topological polar surface area (TPSA) is 98.2 Å². The Bertz CT molecular complexity index is 654. The molecular weight excluding hydrogens is 250 g/mol. The lowest BCUT2D eigenvalue weighted by Gasteiger charge is -2.09. The molecule has 0 heterocycles. The van der Waals surface area contributed by atoms with Gasteiger partial charge in [-0.15, -0.1) is 0 Å². The Kier molecular flexibility index (Phi) is 3.22. The molecule has 2 rings (SSSR count). The van der Waals surface area contributed by atoms with Crippen LogP contribution in [0.25, 0.3) is 0 Å². The monoisotopic (exact) mass is 263 g/mol. The van der Waals surface area contributed by atoms with Crippen LogP contribution in [0.5, 0.6) is 0 Å². The maximum absolute atomic E-state index is 11.2. The minimum Gasteiger partial charge on any atom is -0.398 e. The number of hydrogen-bond donors (Lipinski definition) is 3. The highest BCUT2D eigenvalue weighted by molar-refractivity contribution is 7.89. The molecule has 0 bridgehead atoms. The van der Waals surface area contributed by atoms with Crippen LogP contribution in [0.4, 0.5) is 17.1 Å². The number of benzene rings is 2. The maximum Gasteiger partial charge on any atom is 0.240 e. The van der Waals surface area contributed by atoms with Crippen molar-refractivity contribution in [2.24, 2.45) is 5.14 Å². The van der Waals surface area contributed by atoms with Crippen LogP contribution in [-0.4, -0.2) is 8.42 Å². The molecule has 0 aliphatic rings. The summed E-state index contributed by atoms with van der Waals surface area (Å²) in [4.78, 5) is -0.0684. The van der Waals surface area contributed by atoms with Gasteiger partial charge in [0.25, 0.3) is 0 Å². The van der Waals surface area contributed by atoms with Crippen LogP contribution in [0.15, 0.2) is 53.4 Å². The van der Waals surface area contributed by atoms with Crippen LogP contribution >= 0.6 is 0 Å². The molecule has 5 N–H and O–H groups in total. The van der Waals surface area contributed by atoms with E-state index >= 15 is 0 Å². The van der Waals surface area contributed by atoms with E-state index in [0.717, 1.165) is 5.69 Å². The predicted octanol–water partition coefficient (Wildman–Crippen LogP) is 1.66. The lowest BCUT2D eigenvalue weighted by atomic mass is 10.2. The number of nitrogens with two attached hydrogens (primary N) is 2. The lowest BCUT2D eigenvalue weighted by molar-refractivity contribution is 0.598. The summed E-state index contributed by atoms with van der Waals surface area (Å²) in [5.41, 5.74) is 7.37. The number of rotatable bonds is 3. The number of primary sulfonamides is 1.